The van der Waals surface area contributed by atoms with Gasteiger partial charge in [0.1, 0.15) is 23.2 Å². The van der Waals surface area contributed by atoms with Gasteiger partial charge in [-0.3, -0.25) is 0 Å². The van der Waals surface area contributed by atoms with E-state index < -0.39 is 0 Å². The summed E-state index contributed by atoms with van der Waals surface area (Å²) in [5.41, 5.74) is 3.49. The highest BCUT2D eigenvalue weighted by Gasteiger charge is 2.03. The summed E-state index contributed by atoms with van der Waals surface area (Å²) in [6, 6.07) is 18.3. The number of hydrogen-bond acceptors (Lipinski definition) is 5. The Kier molecular flexibility index (Phi) is 5.69. The number of nitrogens with zero attached hydrogens (tertiary/aromatic N) is 2. The van der Waals surface area contributed by atoms with E-state index in [-0.39, 0.29) is 0 Å². The van der Waals surface area contributed by atoms with Crippen molar-refractivity contribution in [1.82, 2.24) is 9.97 Å². The van der Waals surface area contributed by atoms with Gasteiger partial charge in [0.05, 0.1) is 7.11 Å². The molecule has 26 heavy (non-hydrogen) atoms. The average molecular weight is 348 g/mol. The highest BCUT2D eigenvalue weighted by atomic mass is 16.5. The van der Waals surface area contributed by atoms with Gasteiger partial charge in [-0.15, -0.1) is 0 Å². The third-order valence-electron chi connectivity index (χ3n) is 4.11. The highest BCUT2D eigenvalue weighted by molar-refractivity contribution is 5.59. The molecule has 0 spiro atoms. The summed E-state index contributed by atoms with van der Waals surface area (Å²) >= 11 is 0. The van der Waals surface area contributed by atoms with Gasteiger partial charge < -0.3 is 15.4 Å². The van der Waals surface area contributed by atoms with E-state index in [9.17, 15) is 0 Å². The Hall–Kier alpha value is -3.08. The predicted molar refractivity (Wildman–Crippen MR) is 106 cm³/mol. The minimum atomic E-state index is 0.686. The summed E-state index contributed by atoms with van der Waals surface area (Å²) in [5, 5.41) is 6.69. The van der Waals surface area contributed by atoms with Crippen LogP contribution in [0.4, 0.5) is 17.3 Å². The molecule has 134 valence electrons. The van der Waals surface area contributed by atoms with Crippen LogP contribution >= 0.6 is 0 Å². The predicted octanol–water partition coefficient (Wildman–Crippen LogP) is 4.71. The summed E-state index contributed by atoms with van der Waals surface area (Å²) in [6.07, 6.45) is 1.03. The molecule has 3 aromatic rings. The minimum Gasteiger partial charge on any atom is -0.497 e. The Morgan fingerprint density at radius 2 is 1.54 bits per heavy atom. The molecule has 0 fully saturated rings. The van der Waals surface area contributed by atoms with E-state index >= 15 is 0 Å². The molecule has 0 bridgehead atoms. The number of rotatable bonds is 7. The second-order valence-corrected chi connectivity index (χ2v) is 6.06. The molecule has 0 unspecified atom stereocenters. The van der Waals surface area contributed by atoms with Crippen LogP contribution in [0.15, 0.2) is 54.6 Å². The van der Waals surface area contributed by atoms with Crippen molar-refractivity contribution in [3.05, 3.63) is 71.5 Å². The molecule has 1 heterocycles. The van der Waals surface area contributed by atoms with Gasteiger partial charge in [0.15, 0.2) is 0 Å². The van der Waals surface area contributed by atoms with Gasteiger partial charge in [-0.05, 0) is 48.7 Å². The summed E-state index contributed by atoms with van der Waals surface area (Å²) in [4.78, 5) is 8.94. The van der Waals surface area contributed by atoms with Crippen LogP contribution in [0.1, 0.15) is 23.9 Å². The Morgan fingerprint density at radius 3 is 2.19 bits per heavy atom. The standard InChI is InChI=1S/C21H24N4O/c1-4-16-5-9-18(10-6-16)25-21-13-20(23-15(2)24-21)22-14-17-7-11-19(26-3)12-8-17/h5-13H,4,14H2,1-3H3,(H2,22,23,24,25). The second kappa shape index (κ2) is 8.34. The summed E-state index contributed by atoms with van der Waals surface area (Å²) in [7, 11) is 1.67. The van der Waals surface area contributed by atoms with E-state index in [0.717, 1.165) is 40.9 Å². The maximum Gasteiger partial charge on any atom is 0.136 e. The fourth-order valence-corrected chi connectivity index (χ4v) is 2.63. The molecule has 0 aliphatic heterocycles. The van der Waals surface area contributed by atoms with Crippen LogP contribution in [0.3, 0.4) is 0 Å². The Bertz CT molecular complexity index is 845. The van der Waals surface area contributed by atoms with Crippen molar-refractivity contribution in [1.29, 1.82) is 0 Å². The van der Waals surface area contributed by atoms with E-state index in [1.54, 1.807) is 7.11 Å². The molecule has 1 aromatic heterocycles. The lowest BCUT2D eigenvalue weighted by molar-refractivity contribution is 0.414. The molecule has 0 amide bonds. The van der Waals surface area contributed by atoms with Crippen LogP contribution in [0.25, 0.3) is 0 Å². The van der Waals surface area contributed by atoms with E-state index in [1.165, 1.54) is 5.56 Å². The highest BCUT2D eigenvalue weighted by Crippen LogP contribution is 2.19. The third kappa shape index (κ3) is 4.72. The van der Waals surface area contributed by atoms with E-state index in [1.807, 2.05) is 37.3 Å². The molecular formula is C21H24N4O. The number of hydrogen-bond donors (Lipinski definition) is 2. The van der Waals surface area contributed by atoms with Gasteiger partial charge >= 0.3 is 0 Å². The maximum absolute atomic E-state index is 5.19. The van der Waals surface area contributed by atoms with Gasteiger partial charge in [0, 0.05) is 18.3 Å². The van der Waals surface area contributed by atoms with Gasteiger partial charge in [0.2, 0.25) is 0 Å². The largest absolute Gasteiger partial charge is 0.497 e. The van der Waals surface area contributed by atoms with Crippen molar-refractivity contribution in [2.75, 3.05) is 17.7 Å². The van der Waals surface area contributed by atoms with Crippen LogP contribution in [0.2, 0.25) is 0 Å². The molecular weight excluding hydrogens is 324 g/mol. The number of aromatic nitrogens is 2. The summed E-state index contributed by atoms with van der Waals surface area (Å²) in [5.74, 6) is 3.14. The molecule has 0 aliphatic carbocycles. The smallest absolute Gasteiger partial charge is 0.136 e. The Labute approximate surface area is 154 Å². The molecule has 0 radical (unpaired) electrons. The van der Waals surface area contributed by atoms with Gasteiger partial charge in [-0.2, -0.15) is 0 Å². The average Bonchev–Trinajstić information content (AvgIpc) is 2.67. The maximum atomic E-state index is 5.19. The monoisotopic (exact) mass is 348 g/mol. The fourth-order valence-electron chi connectivity index (χ4n) is 2.63. The zero-order valence-corrected chi connectivity index (χ0v) is 15.4. The number of anilines is 3. The SMILES string of the molecule is CCc1ccc(Nc2cc(NCc3ccc(OC)cc3)nc(C)n2)cc1. The number of nitrogens with one attached hydrogen (secondary N) is 2. The number of aryl methyl sites for hydroxylation is 2. The summed E-state index contributed by atoms with van der Waals surface area (Å²) in [6.45, 7) is 4.73. The molecule has 2 N–H and O–H groups in total. The Balaban J connectivity index is 1.67. The fraction of sp³-hybridized carbons (Fsp3) is 0.238. The third-order valence-corrected chi connectivity index (χ3v) is 4.11. The minimum absolute atomic E-state index is 0.686. The van der Waals surface area contributed by atoms with E-state index in [0.29, 0.717) is 6.54 Å². The Morgan fingerprint density at radius 1 is 0.885 bits per heavy atom. The van der Waals surface area contributed by atoms with Crippen LogP contribution < -0.4 is 15.4 Å². The number of benzene rings is 2. The molecule has 3 rings (SSSR count). The molecule has 0 aliphatic rings. The van der Waals surface area contributed by atoms with Crippen molar-refractivity contribution < 1.29 is 4.74 Å². The van der Waals surface area contributed by atoms with Crippen molar-refractivity contribution in [2.24, 2.45) is 0 Å². The van der Waals surface area contributed by atoms with Crippen molar-refractivity contribution >= 4 is 17.3 Å². The zero-order valence-electron chi connectivity index (χ0n) is 15.4. The second-order valence-electron chi connectivity index (χ2n) is 6.06. The van der Waals surface area contributed by atoms with Crippen LogP contribution in [-0.2, 0) is 13.0 Å². The van der Waals surface area contributed by atoms with Crippen LogP contribution in [0, 0.1) is 6.92 Å². The summed E-state index contributed by atoms with van der Waals surface area (Å²) < 4.78 is 5.19. The molecule has 0 saturated heterocycles. The lowest BCUT2D eigenvalue weighted by Crippen LogP contribution is -2.05. The first kappa shape index (κ1) is 17.7. The van der Waals surface area contributed by atoms with Gasteiger partial charge in [-0.1, -0.05) is 31.2 Å². The van der Waals surface area contributed by atoms with Crippen LogP contribution in [-0.4, -0.2) is 17.1 Å². The first-order valence-corrected chi connectivity index (χ1v) is 8.74. The van der Waals surface area contributed by atoms with Crippen molar-refractivity contribution in [3.8, 4) is 5.75 Å². The van der Waals surface area contributed by atoms with Gasteiger partial charge in [-0.25, -0.2) is 9.97 Å². The number of methoxy groups -OCH3 is 1. The van der Waals surface area contributed by atoms with Crippen molar-refractivity contribution in [2.45, 2.75) is 26.8 Å². The first-order valence-electron chi connectivity index (χ1n) is 8.74. The number of ether oxygens (including phenoxy) is 1. The van der Waals surface area contributed by atoms with Crippen molar-refractivity contribution in [3.63, 3.8) is 0 Å². The molecule has 5 nitrogen and oxygen atoms in total. The van der Waals surface area contributed by atoms with E-state index in [2.05, 4.69) is 51.8 Å². The normalized spacial score (nSPS) is 10.4. The quantitative estimate of drug-likeness (QED) is 0.647. The molecule has 0 atom stereocenters. The molecule has 0 saturated carbocycles. The topological polar surface area (TPSA) is 59.1 Å². The molecule has 5 heteroatoms. The van der Waals surface area contributed by atoms with E-state index in [4.69, 9.17) is 4.74 Å². The van der Waals surface area contributed by atoms with Crippen LogP contribution in [0.5, 0.6) is 5.75 Å². The molecule has 2 aromatic carbocycles. The first-order chi connectivity index (χ1) is 12.7. The van der Waals surface area contributed by atoms with Gasteiger partial charge in [0.25, 0.3) is 0 Å². The zero-order chi connectivity index (χ0) is 18.4. The lowest BCUT2D eigenvalue weighted by Gasteiger charge is -2.11. The lowest BCUT2D eigenvalue weighted by atomic mass is 10.1.